The van der Waals surface area contributed by atoms with Gasteiger partial charge in [0.1, 0.15) is 0 Å². The quantitative estimate of drug-likeness (QED) is 0.392. The van der Waals surface area contributed by atoms with Crippen LogP contribution in [0.1, 0.15) is 18.6 Å². The highest BCUT2D eigenvalue weighted by Crippen LogP contribution is 2.33. The van der Waals surface area contributed by atoms with Crippen molar-refractivity contribution in [1.82, 2.24) is 0 Å². The van der Waals surface area contributed by atoms with Crippen LogP contribution < -0.4 is 0 Å². The van der Waals surface area contributed by atoms with E-state index in [9.17, 15) is 15.2 Å². The van der Waals surface area contributed by atoms with Crippen molar-refractivity contribution >= 4 is 15.9 Å². The Kier molecular flexibility index (Phi) is 3.23. The van der Waals surface area contributed by atoms with Gasteiger partial charge in [-0.2, -0.15) is 0 Å². The molecule has 0 amide bonds. The number of hydrogen-bond acceptors (Lipinski definition) is 3. The van der Waals surface area contributed by atoms with Crippen LogP contribution in [-0.4, -0.2) is 14.5 Å². The van der Waals surface area contributed by atoms with Crippen molar-refractivity contribution in [3.05, 3.63) is 46.0 Å². The molecule has 5 heteroatoms. The summed E-state index contributed by atoms with van der Waals surface area (Å²) in [7, 11) is 0. The molecule has 76 valence electrons. The Hall–Kier alpha value is -0.940. The second-order valence-electron chi connectivity index (χ2n) is 3.09. The third kappa shape index (κ3) is 2.10. The molecule has 0 saturated carbocycles. The van der Waals surface area contributed by atoms with Gasteiger partial charge in [-0.15, -0.1) is 0 Å². The number of benzene rings is 1. The van der Waals surface area contributed by atoms with Crippen LogP contribution in [0.15, 0.2) is 30.3 Å². The van der Waals surface area contributed by atoms with Gasteiger partial charge in [0, 0.05) is 27.8 Å². The van der Waals surface area contributed by atoms with Gasteiger partial charge in [0.15, 0.2) is 6.10 Å². The second kappa shape index (κ2) is 4.06. The van der Waals surface area contributed by atoms with Gasteiger partial charge in [-0.1, -0.05) is 30.3 Å². The van der Waals surface area contributed by atoms with E-state index in [1.165, 1.54) is 6.92 Å². The first kappa shape index (κ1) is 11.1. The number of rotatable bonds is 3. The highest BCUT2D eigenvalue weighted by Gasteiger charge is 2.43. The number of aliphatic hydroxyl groups is 1. The molecule has 2 atom stereocenters. The first-order chi connectivity index (χ1) is 6.46. The van der Waals surface area contributed by atoms with Gasteiger partial charge in [-0.25, -0.2) is 0 Å². The smallest absolute Gasteiger partial charge is 0.301 e. The SMILES string of the molecule is CC(Br)(C(O)c1ccccc1)[N+](=O)[O-]. The standard InChI is InChI=1S/C9H10BrNO3/c1-9(10,11(13)14)8(12)7-5-3-2-4-6-7/h2-6,8,12H,1H3. The molecular formula is C9H10BrNO3. The van der Waals surface area contributed by atoms with Gasteiger partial charge in [0.05, 0.1) is 0 Å². The minimum Gasteiger partial charge on any atom is -0.380 e. The average molecular weight is 260 g/mol. The predicted molar refractivity (Wildman–Crippen MR) is 55.7 cm³/mol. The van der Waals surface area contributed by atoms with E-state index in [0.29, 0.717) is 5.56 Å². The Bertz CT molecular complexity index is 326. The fourth-order valence-electron chi connectivity index (χ4n) is 1.04. The Balaban J connectivity index is 2.96. The molecule has 2 unspecified atom stereocenters. The van der Waals surface area contributed by atoms with Crippen molar-refractivity contribution in [3.8, 4) is 0 Å². The molecule has 0 heterocycles. The van der Waals surface area contributed by atoms with Crippen molar-refractivity contribution < 1.29 is 10.0 Å². The highest BCUT2D eigenvalue weighted by molar-refractivity contribution is 9.10. The summed E-state index contributed by atoms with van der Waals surface area (Å²) < 4.78 is -1.55. The van der Waals surface area contributed by atoms with Crippen LogP contribution in [0.3, 0.4) is 0 Å². The molecule has 1 aromatic carbocycles. The van der Waals surface area contributed by atoms with Crippen LogP contribution in [0.5, 0.6) is 0 Å². The van der Waals surface area contributed by atoms with Gasteiger partial charge in [-0.3, -0.25) is 10.1 Å². The van der Waals surface area contributed by atoms with Crippen molar-refractivity contribution in [2.75, 3.05) is 0 Å². The Morgan fingerprint density at radius 1 is 1.50 bits per heavy atom. The fourth-order valence-corrected chi connectivity index (χ4v) is 1.30. The lowest BCUT2D eigenvalue weighted by molar-refractivity contribution is -0.544. The molecule has 1 aromatic rings. The molecule has 0 aliphatic rings. The maximum absolute atomic E-state index is 10.6. The molecule has 0 radical (unpaired) electrons. The molecule has 14 heavy (non-hydrogen) atoms. The highest BCUT2D eigenvalue weighted by atomic mass is 79.9. The molecule has 4 nitrogen and oxygen atoms in total. The summed E-state index contributed by atoms with van der Waals surface area (Å²) in [6.07, 6.45) is -1.17. The van der Waals surface area contributed by atoms with Crippen LogP contribution in [0.4, 0.5) is 0 Å². The molecule has 0 spiro atoms. The van der Waals surface area contributed by atoms with Crippen LogP contribution >= 0.6 is 15.9 Å². The summed E-state index contributed by atoms with van der Waals surface area (Å²) in [6, 6.07) is 8.53. The zero-order chi connectivity index (χ0) is 10.8. The molecule has 0 bridgehead atoms. The van der Waals surface area contributed by atoms with E-state index in [-0.39, 0.29) is 0 Å². The lowest BCUT2D eigenvalue weighted by Crippen LogP contribution is -2.34. The number of alkyl halides is 1. The number of hydrogen-bond donors (Lipinski definition) is 1. The van der Waals surface area contributed by atoms with Crippen molar-refractivity contribution in [2.24, 2.45) is 0 Å². The summed E-state index contributed by atoms with van der Waals surface area (Å²) in [5.74, 6) is 0. The number of nitro groups is 1. The Morgan fingerprint density at radius 2 is 2.00 bits per heavy atom. The van der Waals surface area contributed by atoms with Crippen LogP contribution in [0.25, 0.3) is 0 Å². The Labute approximate surface area is 89.8 Å². The molecule has 0 aromatic heterocycles. The monoisotopic (exact) mass is 259 g/mol. The average Bonchev–Trinajstić information content (AvgIpc) is 2.17. The van der Waals surface area contributed by atoms with E-state index in [0.717, 1.165) is 0 Å². The molecule has 0 saturated heterocycles. The summed E-state index contributed by atoms with van der Waals surface area (Å²) in [5, 5.41) is 20.4. The first-order valence-electron chi connectivity index (χ1n) is 4.02. The maximum atomic E-state index is 10.6. The molecule has 0 aliphatic carbocycles. The normalized spacial score (nSPS) is 17.1. The lowest BCUT2D eigenvalue weighted by Gasteiger charge is -2.20. The van der Waals surface area contributed by atoms with Gasteiger partial charge in [-0.05, 0) is 5.56 Å². The van der Waals surface area contributed by atoms with E-state index in [1.807, 2.05) is 0 Å². The zero-order valence-electron chi connectivity index (χ0n) is 7.55. The molecule has 1 N–H and O–H groups in total. The number of nitrogens with zero attached hydrogens (tertiary/aromatic N) is 1. The van der Waals surface area contributed by atoms with Gasteiger partial charge >= 0.3 is 4.45 Å². The minimum absolute atomic E-state index is 0.517. The van der Waals surface area contributed by atoms with Crippen molar-refractivity contribution in [2.45, 2.75) is 17.5 Å². The third-order valence-electron chi connectivity index (χ3n) is 1.97. The third-order valence-corrected chi connectivity index (χ3v) is 2.69. The van der Waals surface area contributed by atoms with Gasteiger partial charge in [0.25, 0.3) is 0 Å². The van der Waals surface area contributed by atoms with E-state index >= 15 is 0 Å². The molecule has 0 aliphatic heterocycles. The van der Waals surface area contributed by atoms with E-state index in [4.69, 9.17) is 0 Å². The summed E-state index contributed by atoms with van der Waals surface area (Å²) in [6.45, 7) is 1.32. The zero-order valence-corrected chi connectivity index (χ0v) is 9.14. The summed E-state index contributed by atoms with van der Waals surface area (Å²) in [4.78, 5) is 10.1. The van der Waals surface area contributed by atoms with E-state index in [1.54, 1.807) is 30.3 Å². The van der Waals surface area contributed by atoms with E-state index in [2.05, 4.69) is 15.9 Å². The minimum atomic E-state index is -1.55. The summed E-state index contributed by atoms with van der Waals surface area (Å²) in [5.41, 5.74) is 0.517. The largest absolute Gasteiger partial charge is 0.380 e. The Morgan fingerprint density at radius 3 is 2.43 bits per heavy atom. The number of halogens is 1. The lowest BCUT2D eigenvalue weighted by atomic mass is 10.0. The van der Waals surface area contributed by atoms with Gasteiger partial charge in [0.2, 0.25) is 0 Å². The number of aliphatic hydroxyl groups excluding tert-OH is 1. The van der Waals surface area contributed by atoms with E-state index < -0.39 is 15.5 Å². The topological polar surface area (TPSA) is 63.4 Å². The molecule has 0 fully saturated rings. The maximum Gasteiger partial charge on any atom is 0.301 e. The van der Waals surface area contributed by atoms with Gasteiger partial charge < -0.3 is 5.11 Å². The fraction of sp³-hybridized carbons (Fsp3) is 0.333. The first-order valence-corrected chi connectivity index (χ1v) is 4.82. The molecule has 1 rings (SSSR count). The van der Waals surface area contributed by atoms with Crippen LogP contribution in [0, 0.1) is 10.1 Å². The van der Waals surface area contributed by atoms with Crippen LogP contribution in [-0.2, 0) is 0 Å². The second-order valence-corrected chi connectivity index (χ2v) is 4.70. The van der Waals surface area contributed by atoms with Crippen molar-refractivity contribution in [3.63, 3.8) is 0 Å². The predicted octanol–water partition coefficient (Wildman–Crippen LogP) is 2.11. The molecular weight excluding hydrogens is 250 g/mol. The summed E-state index contributed by atoms with van der Waals surface area (Å²) >= 11 is 2.90. The van der Waals surface area contributed by atoms with Crippen LogP contribution in [0.2, 0.25) is 0 Å². The van der Waals surface area contributed by atoms with Crippen molar-refractivity contribution in [1.29, 1.82) is 0 Å².